The average molecular weight is 328 g/mol. The molecule has 5 heteroatoms. The topological polar surface area (TPSA) is 50.4 Å². The number of esters is 1. The van der Waals surface area contributed by atoms with E-state index in [-0.39, 0.29) is 5.97 Å². The first-order valence-corrected chi connectivity index (χ1v) is 7.83. The van der Waals surface area contributed by atoms with Gasteiger partial charge in [0.1, 0.15) is 0 Å². The Hall–Kier alpha value is -2.40. The number of ether oxygens (including phenoxy) is 1. The van der Waals surface area contributed by atoms with E-state index in [4.69, 9.17) is 17.0 Å². The predicted octanol–water partition coefficient (Wildman–Crippen LogP) is 4.29. The molecule has 0 unspecified atom stereocenters. The molecule has 120 valence electrons. The van der Waals surface area contributed by atoms with E-state index in [1.165, 1.54) is 5.56 Å². The molecule has 0 spiro atoms. The summed E-state index contributed by atoms with van der Waals surface area (Å²) in [5.74, 6) is -0.343. The summed E-state index contributed by atoms with van der Waals surface area (Å²) >= 11 is 5.33. The first-order valence-electron chi connectivity index (χ1n) is 7.42. The Balaban J connectivity index is 2.05. The molecule has 0 aliphatic heterocycles. The third-order valence-corrected chi connectivity index (χ3v) is 3.47. The second-order valence-corrected chi connectivity index (χ2v) is 5.61. The number of hydrogen-bond acceptors (Lipinski definition) is 3. The van der Waals surface area contributed by atoms with Crippen LogP contribution in [0.3, 0.4) is 0 Å². The van der Waals surface area contributed by atoms with Crippen LogP contribution in [0.2, 0.25) is 0 Å². The Kier molecular flexibility index (Phi) is 5.71. The van der Waals surface area contributed by atoms with Crippen LogP contribution in [0.1, 0.15) is 28.4 Å². The van der Waals surface area contributed by atoms with Crippen LogP contribution in [0.4, 0.5) is 11.4 Å². The van der Waals surface area contributed by atoms with Gasteiger partial charge in [0.25, 0.3) is 0 Å². The number of carbonyl (C=O) groups is 1. The van der Waals surface area contributed by atoms with Gasteiger partial charge in [-0.1, -0.05) is 23.8 Å². The molecular weight excluding hydrogens is 308 g/mol. The fourth-order valence-corrected chi connectivity index (χ4v) is 2.40. The maximum Gasteiger partial charge on any atom is 0.338 e. The van der Waals surface area contributed by atoms with Crippen molar-refractivity contribution in [3.8, 4) is 0 Å². The molecule has 2 aromatic carbocycles. The lowest BCUT2D eigenvalue weighted by molar-refractivity contribution is 0.0526. The van der Waals surface area contributed by atoms with Crippen LogP contribution in [-0.2, 0) is 4.74 Å². The molecule has 0 bridgehead atoms. The number of nitrogens with one attached hydrogen (secondary N) is 2. The van der Waals surface area contributed by atoms with Gasteiger partial charge in [-0.05, 0) is 62.8 Å². The van der Waals surface area contributed by atoms with Crippen molar-refractivity contribution in [3.05, 3.63) is 59.2 Å². The highest BCUT2D eigenvalue weighted by Crippen LogP contribution is 2.17. The molecule has 0 aromatic heterocycles. The lowest BCUT2D eigenvalue weighted by atomic mass is 10.1. The van der Waals surface area contributed by atoms with Gasteiger partial charge in [0.2, 0.25) is 0 Å². The Labute approximate surface area is 141 Å². The highest BCUT2D eigenvalue weighted by atomic mass is 32.1. The largest absolute Gasteiger partial charge is 0.462 e. The summed E-state index contributed by atoms with van der Waals surface area (Å²) in [4.78, 5) is 11.8. The van der Waals surface area contributed by atoms with E-state index in [1.54, 1.807) is 25.1 Å². The van der Waals surface area contributed by atoms with Crippen molar-refractivity contribution in [3.63, 3.8) is 0 Å². The zero-order valence-electron chi connectivity index (χ0n) is 13.5. The van der Waals surface area contributed by atoms with Crippen molar-refractivity contribution in [1.82, 2.24) is 0 Å². The van der Waals surface area contributed by atoms with Gasteiger partial charge in [-0.25, -0.2) is 4.79 Å². The van der Waals surface area contributed by atoms with E-state index in [0.29, 0.717) is 17.3 Å². The molecule has 0 fully saturated rings. The summed E-state index contributed by atoms with van der Waals surface area (Å²) < 4.78 is 5.00. The van der Waals surface area contributed by atoms with Crippen LogP contribution in [-0.4, -0.2) is 17.7 Å². The first kappa shape index (κ1) is 17.0. The van der Waals surface area contributed by atoms with Crippen molar-refractivity contribution in [1.29, 1.82) is 0 Å². The second kappa shape index (κ2) is 7.74. The minimum Gasteiger partial charge on any atom is -0.462 e. The molecule has 2 aromatic rings. The van der Waals surface area contributed by atoms with Crippen LogP contribution in [0.25, 0.3) is 0 Å². The number of rotatable bonds is 4. The van der Waals surface area contributed by atoms with Crippen molar-refractivity contribution >= 4 is 34.7 Å². The fraction of sp³-hybridized carbons (Fsp3) is 0.222. The smallest absolute Gasteiger partial charge is 0.338 e. The third-order valence-electron chi connectivity index (χ3n) is 3.26. The number of aryl methyl sites for hydroxylation is 2. The maximum atomic E-state index is 11.8. The Bertz CT molecular complexity index is 729. The van der Waals surface area contributed by atoms with Gasteiger partial charge >= 0.3 is 5.97 Å². The number of benzene rings is 2. The molecule has 2 rings (SSSR count). The number of hydrogen-bond donors (Lipinski definition) is 2. The number of anilines is 2. The van der Waals surface area contributed by atoms with Gasteiger partial charge in [-0.15, -0.1) is 0 Å². The van der Waals surface area contributed by atoms with Gasteiger partial charge in [-0.3, -0.25) is 0 Å². The van der Waals surface area contributed by atoms with Crippen molar-refractivity contribution in [2.45, 2.75) is 20.8 Å². The normalized spacial score (nSPS) is 10.0. The standard InChI is InChI=1S/C18H20N2O2S/c1-4-22-17(21)14-6-5-7-15(11-14)19-18(23)20-16-9-8-12(2)10-13(16)3/h5-11H,4H2,1-3H3,(H2,19,20,23). The molecule has 0 aliphatic rings. The van der Waals surface area contributed by atoms with Crippen LogP contribution in [0, 0.1) is 13.8 Å². The monoisotopic (exact) mass is 328 g/mol. The van der Waals surface area contributed by atoms with E-state index >= 15 is 0 Å². The zero-order valence-corrected chi connectivity index (χ0v) is 14.3. The molecule has 2 N–H and O–H groups in total. The highest BCUT2D eigenvalue weighted by Gasteiger charge is 2.08. The Morgan fingerprint density at radius 1 is 1.13 bits per heavy atom. The Morgan fingerprint density at radius 3 is 2.61 bits per heavy atom. The number of thiocarbonyl (C=S) groups is 1. The maximum absolute atomic E-state index is 11.8. The first-order chi connectivity index (χ1) is 11.0. The molecule has 0 amide bonds. The predicted molar refractivity (Wildman–Crippen MR) is 98.2 cm³/mol. The van der Waals surface area contributed by atoms with Gasteiger partial charge < -0.3 is 15.4 Å². The van der Waals surface area contributed by atoms with Crippen LogP contribution < -0.4 is 10.6 Å². The van der Waals surface area contributed by atoms with Gasteiger partial charge in [0.05, 0.1) is 12.2 Å². The summed E-state index contributed by atoms with van der Waals surface area (Å²) in [5, 5.41) is 6.72. The third kappa shape index (κ3) is 4.79. The van der Waals surface area contributed by atoms with E-state index < -0.39 is 0 Å². The second-order valence-electron chi connectivity index (χ2n) is 5.20. The van der Waals surface area contributed by atoms with Crippen molar-refractivity contribution < 1.29 is 9.53 Å². The van der Waals surface area contributed by atoms with Crippen LogP contribution in [0.5, 0.6) is 0 Å². The molecule has 0 radical (unpaired) electrons. The lowest BCUT2D eigenvalue weighted by Gasteiger charge is -2.13. The fourth-order valence-electron chi connectivity index (χ4n) is 2.18. The zero-order chi connectivity index (χ0) is 16.8. The quantitative estimate of drug-likeness (QED) is 0.648. The number of carbonyl (C=O) groups excluding carboxylic acids is 1. The Morgan fingerprint density at radius 2 is 1.91 bits per heavy atom. The van der Waals surface area contributed by atoms with Gasteiger partial charge in [0.15, 0.2) is 5.11 Å². The summed E-state index contributed by atoms with van der Waals surface area (Å²) in [6, 6.07) is 13.2. The molecule has 23 heavy (non-hydrogen) atoms. The molecular formula is C18H20N2O2S. The summed E-state index contributed by atoms with van der Waals surface area (Å²) in [6.07, 6.45) is 0. The molecule has 0 heterocycles. The van der Waals surface area contributed by atoms with Crippen LogP contribution >= 0.6 is 12.2 Å². The lowest BCUT2D eigenvalue weighted by Crippen LogP contribution is -2.20. The molecule has 0 atom stereocenters. The van der Waals surface area contributed by atoms with E-state index in [0.717, 1.165) is 16.9 Å². The van der Waals surface area contributed by atoms with E-state index in [9.17, 15) is 4.79 Å². The van der Waals surface area contributed by atoms with Gasteiger partial charge in [-0.2, -0.15) is 0 Å². The van der Waals surface area contributed by atoms with Crippen molar-refractivity contribution in [2.75, 3.05) is 17.2 Å². The molecule has 4 nitrogen and oxygen atoms in total. The van der Waals surface area contributed by atoms with Gasteiger partial charge in [0, 0.05) is 11.4 Å². The SMILES string of the molecule is CCOC(=O)c1cccc(NC(=S)Nc2ccc(C)cc2C)c1. The molecule has 0 saturated heterocycles. The van der Waals surface area contributed by atoms with Crippen molar-refractivity contribution in [2.24, 2.45) is 0 Å². The minimum absolute atomic E-state index is 0.343. The molecule has 0 aliphatic carbocycles. The summed E-state index contributed by atoms with van der Waals surface area (Å²) in [7, 11) is 0. The minimum atomic E-state index is -0.343. The van der Waals surface area contributed by atoms with Crippen LogP contribution in [0.15, 0.2) is 42.5 Å². The van der Waals surface area contributed by atoms with E-state index in [1.807, 2.05) is 32.0 Å². The highest BCUT2D eigenvalue weighted by molar-refractivity contribution is 7.80. The summed E-state index contributed by atoms with van der Waals surface area (Å²) in [6.45, 7) is 6.21. The van der Waals surface area contributed by atoms with E-state index in [2.05, 4.69) is 16.7 Å². The summed E-state index contributed by atoms with van der Waals surface area (Å²) in [5.41, 5.74) is 4.50. The molecule has 0 saturated carbocycles. The average Bonchev–Trinajstić information content (AvgIpc) is 2.50.